The molecular formula is C34H37Cl2F6N5O2. The molecule has 0 aliphatic carbocycles. The minimum Gasteiger partial charge on any atom is -0.369 e. The van der Waals surface area contributed by atoms with Gasteiger partial charge in [0.1, 0.15) is 0 Å². The molecule has 4 rings (SSSR count). The van der Waals surface area contributed by atoms with Crippen molar-refractivity contribution in [2.45, 2.75) is 37.7 Å². The number of carbonyl (C=O) groups excluding carboxylic acids is 2. The fraction of sp³-hybridized carbons (Fsp3) is 0.412. The van der Waals surface area contributed by atoms with Gasteiger partial charge in [-0.15, -0.1) is 0 Å². The first-order valence-electron chi connectivity index (χ1n) is 15.5. The molecule has 15 heteroatoms. The monoisotopic (exact) mass is 731 g/mol. The second-order valence-corrected chi connectivity index (χ2v) is 12.8. The van der Waals surface area contributed by atoms with Gasteiger partial charge in [0, 0.05) is 64.0 Å². The lowest BCUT2D eigenvalue weighted by molar-refractivity contribution is -0.143. The summed E-state index contributed by atoms with van der Waals surface area (Å²) in [6, 6.07) is 13.2. The van der Waals surface area contributed by atoms with E-state index < -0.39 is 35.0 Å². The van der Waals surface area contributed by atoms with Gasteiger partial charge in [-0.1, -0.05) is 47.5 Å². The number of rotatable bonds is 10. The molecule has 0 bridgehead atoms. The maximum absolute atomic E-state index is 13.5. The van der Waals surface area contributed by atoms with E-state index in [1.807, 2.05) is 31.2 Å². The maximum Gasteiger partial charge on any atom is 0.416 e. The number of hydrogen-bond donors (Lipinski definition) is 2. The third-order valence-corrected chi connectivity index (χ3v) is 9.31. The van der Waals surface area contributed by atoms with E-state index >= 15 is 0 Å². The Morgan fingerprint density at radius 3 is 2.06 bits per heavy atom. The van der Waals surface area contributed by atoms with Crippen LogP contribution >= 0.6 is 23.2 Å². The van der Waals surface area contributed by atoms with Crippen LogP contribution in [0.25, 0.3) is 0 Å². The van der Waals surface area contributed by atoms with Gasteiger partial charge >= 0.3 is 18.4 Å². The van der Waals surface area contributed by atoms with Crippen LogP contribution in [0.15, 0.2) is 60.7 Å². The Bertz CT molecular complexity index is 1600. The van der Waals surface area contributed by atoms with E-state index in [1.54, 1.807) is 25.2 Å². The average Bonchev–Trinajstić information content (AvgIpc) is 3.06. The molecule has 1 fully saturated rings. The van der Waals surface area contributed by atoms with Gasteiger partial charge in [0.05, 0.1) is 27.2 Å². The molecule has 0 spiro atoms. The van der Waals surface area contributed by atoms with Gasteiger partial charge in [0.15, 0.2) is 0 Å². The smallest absolute Gasteiger partial charge is 0.369 e. The summed E-state index contributed by atoms with van der Waals surface area (Å²) >= 11 is 12.4. The predicted octanol–water partition coefficient (Wildman–Crippen LogP) is 8.09. The summed E-state index contributed by atoms with van der Waals surface area (Å²) in [4.78, 5) is 30.9. The van der Waals surface area contributed by atoms with E-state index in [1.165, 1.54) is 7.05 Å². The number of nitrogens with zero attached hydrogens (tertiary/aromatic N) is 3. The summed E-state index contributed by atoms with van der Waals surface area (Å²) in [5.74, 6) is -1.35. The Labute approximate surface area is 291 Å². The van der Waals surface area contributed by atoms with Crippen molar-refractivity contribution in [1.29, 1.82) is 0 Å². The van der Waals surface area contributed by atoms with Gasteiger partial charge in [-0.2, -0.15) is 26.3 Å². The molecule has 3 aromatic rings. The van der Waals surface area contributed by atoms with Crippen LogP contribution in [0.3, 0.4) is 0 Å². The van der Waals surface area contributed by atoms with Gasteiger partial charge in [0.25, 0.3) is 5.91 Å². The topological polar surface area (TPSA) is 67.9 Å². The van der Waals surface area contributed by atoms with Crippen LogP contribution in [0.5, 0.6) is 0 Å². The lowest BCUT2D eigenvalue weighted by Crippen LogP contribution is -2.47. The first-order valence-corrected chi connectivity index (χ1v) is 16.3. The predicted molar refractivity (Wildman–Crippen MR) is 178 cm³/mol. The molecule has 2 atom stereocenters. The summed E-state index contributed by atoms with van der Waals surface area (Å²) < 4.78 is 80.8. The van der Waals surface area contributed by atoms with E-state index in [0.717, 1.165) is 21.7 Å². The number of piperazine rings is 1. The van der Waals surface area contributed by atoms with Crippen LogP contribution in [-0.2, 0) is 12.4 Å². The molecule has 266 valence electrons. The number of halogens is 8. The highest BCUT2D eigenvalue weighted by molar-refractivity contribution is 6.42. The number of para-hydroxylation sites is 1. The third-order valence-electron chi connectivity index (χ3n) is 8.58. The van der Waals surface area contributed by atoms with Crippen LogP contribution in [-0.4, -0.2) is 75.1 Å². The number of urea groups is 1. The van der Waals surface area contributed by atoms with Crippen molar-refractivity contribution in [2.75, 3.05) is 58.3 Å². The number of carbonyl (C=O) groups is 2. The Kier molecular flexibility index (Phi) is 12.4. The molecule has 0 radical (unpaired) electrons. The molecule has 0 saturated carbocycles. The maximum atomic E-state index is 13.5. The molecular weight excluding hydrogens is 695 g/mol. The number of nitrogens with one attached hydrogen (secondary N) is 2. The molecule has 7 nitrogen and oxygen atoms in total. The SMILES string of the molecule is CNC(=O)N[C@H](C)c1ccccc1N1CCN(CC[C@H](CN(C)C(=O)c2cc(C(F)(F)F)cc(C(F)(F)F)c2)c2ccc(Cl)c(Cl)c2)CC1. The Morgan fingerprint density at radius 2 is 1.49 bits per heavy atom. The molecule has 1 aliphatic heterocycles. The molecule has 0 aromatic heterocycles. The van der Waals surface area contributed by atoms with Crippen LogP contribution in [0.4, 0.5) is 36.8 Å². The molecule has 0 unspecified atom stereocenters. The van der Waals surface area contributed by atoms with Crippen molar-refractivity contribution in [1.82, 2.24) is 20.4 Å². The van der Waals surface area contributed by atoms with E-state index in [4.69, 9.17) is 23.2 Å². The highest BCUT2D eigenvalue weighted by atomic mass is 35.5. The molecule has 3 aromatic carbocycles. The summed E-state index contributed by atoms with van der Waals surface area (Å²) in [6.07, 6.45) is -9.65. The van der Waals surface area contributed by atoms with Crippen LogP contribution in [0.1, 0.15) is 57.9 Å². The number of alkyl halides is 6. The summed E-state index contributed by atoms with van der Waals surface area (Å²) in [7, 11) is 2.90. The second kappa shape index (κ2) is 15.9. The molecule has 2 N–H and O–H groups in total. The van der Waals surface area contributed by atoms with Gasteiger partial charge in [-0.25, -0.2) is 4.79 Å². The van der Waals surface area contributed by atoms with Gasteiger partial charge in [0.2, 0.25) is 0 Å². The standard InChI is InChI=1S/C34H37Cl2F6N5O2/c1-21(44-32(49)43-2)27-6-4-5-7-30(27)47-14-12-46(13-15-47)11-10-23(22-8-9-28(35)29(36)18-22)20-45(3)31(48)24-16-25(33(37,38)39)19-26(17-24)34(40,41)42/h4-9,16-19,21,23H,10-15,20H2,1-3H3,(H2,43,44,49)/t21-,23-/m1/s1. The fourth-order valence-corrected chi connectivity index (χ4v) is 6.19. The Hall–Kier alpha value is -3.68. The average molecular weight is 733 g/mol. The minimum absolute atomic E-state index is 0.00203. The normalized spacial score (nSPS) is 15.4. The van der Waals surface area contributed by atoms with Crippen molar-refractivity contribution in [2.24, 2.45) is 0 Å². The lowest BCUT2D eigenvalue weighted by Gasteiger charge is -2.38. The third kappa shape index (κ3) is 9.95. The lowest BCUT2D eigenvalue weighted by atomic mass is 9.94. The molecule has 3 amide bonds. The largest absolute Gasteiger partial charge is 0.416 e. The summed E-state index contributed by atoms with van der Waals surface area (Å²) in [6.45, 7) is 5.33. The van der Waals surface area contributed by atoms with Crippen molar-refractivity contribution in [3.05, 3.63) is 98.5 Å². The first-order chi connectivity index (χ1) is 23.0. The molecule has 1 aliphatic rings. The van der Waals surface area contributed by atoms with Crippen LogP contribution < -0.4 is 15.5 Å². The van der Waals surface area contributed by atoms with Crippen molar-refractivity contribution >= 4 is 40.8 Å². The summed E-state index contributed by atoms with van der Waals surface area (Å²) in [5.41, 5.74) is -1.11. The van der Waals surface area contributed by atoms with Crippen molar-refractivity contribution in [3.63, 3.8) is 0 Å². The van der Waals surface area contributed by atoms with E-state index in [0.29, 0.717) is 56.3 Å². The van der Waals surface area contributed by atoms with Crippen LogP contribution in [0.2, 0.25) is 10.0 Å². The number of likely N-dealkylation sites (N-methyl/N-ethyl adjacent to an activating group) is 1. The molecule has 1 heterocycles. The van der Waals surface area contributed by atoms with E-state index in [2.05, 4.69) is 20.4 Å². The summed E-state index contributed by atoms with van der Waals surface area (Å²) in [5, 5.41) is 6.06. The van der Waals surface area contributed by atoms with Gasteiger partial charge in [-0.3, -0.25) is 9.69 Å². The van der Waals surface area contributed by atoms with Crippen LogP contribution in [0, 0.1) is 0 Å². The Morgan fingerprint density at radius 1 is 0.878 bits per heavy atom. The van der Waals surface area contributed by atoms with Gasteiger partial charge in [-0.05, 0) is 67.4 Å². The van der Waals surface area contributed by atoms with Crippen molar-refractivity contribution in [3.8, 4) is 0 Å². The second-order valence-electron chi connectivity index (χ2n) is 12.0. The Balaban J connectivity index is 1.48. The zero-order valence-corrected chi connectivity index (χ0v) is 28.6. The number of amides is 3. The zero-order chi connectivity index (χ0) is 36.1. The first kappa shape index (κ1) is 38.1. The minimum atomic E-state index is -5.08. The van der Waals surface area contributed by atoms with Crippen molar-refractivity contribution < 1.29 is 35.9 Å². The molecule has 49 heavy (non-hydrogen) atoms. The number of anilines is 1. The number of hydrogen-bond acceptors (Lipinski definition) is 4. The molecule has 1 saturated heterocycles. The number of benzene rings is 3. The van der Waals surface area contributed by atoms with Gasteiger partial charge < -0.3 is 20.4 Å². The fourth-order valence-electron chi connectivity index (χ4n) is 5.88. The van der Waals surface area contributed by atoms with E-state index in [9.17, 15) is 35.9 Å². The quantitative estimate of drug-likeness (QED) is 0.207. The highest BCUT2D eigenvalue weighted by Crippen LogP contribution is 2.37. The highest BCUT2D eigenvalue weighted by Gasteiger charge is 2.38. The van der Waals surface area contributed by atoms with E-state index in [-0.39, 0.29) is 35.6 Å². The zero-order valence-electron chi connectivity index (χ0n) is 27.1.